The summed E-state index contributed by atoms with van der Waals surface area (Å²) >= 11 is 0. The van der Waals surface area contributed by atoms with Gasteiger partial charge in [0.25, 0.3) is 0 Å². The highest BCUT2D eigenvalue weighted by molar-refractivity contribution is 5.66. The van der Waals surface area contributed by atoms with Gasteiger partial charge < -0.3 is 4.74 Å². The normalized spacial score (nSPS) is 43.6. The van der Waals surface area contributed by atoms with Crippen LogP contribution in [0.2, 0.25) is 0 Å². The largest absolute Gasteiger partial charge is 0.462 e. The number of hydrogen-bond acceptors (Lipinski definition) is 2. The smallest absolute Gasteiger partial charge is 0.302 e. The van der Waals surface area contributed by atoms with Crippen LogP contribution >= 0.6 is 0 Å². The van der Waals surface area contributed by atoms with Crippen LogP contribution in [0.25, 0.3) is 0 Å². The summed E-state index contributed by atoms with van der Waals surface area (Å²) < 4.78 is 5.17. The van der Waals surface area contributed by atoms with E-state index in [2.05, 4.69) is 26.8 Å². The van der Waals surface area contributed by atoms with Crippen LogP contribution in [0.1, 0.15) is 59.8 Å². The molecular weight excluding hydrogens is 248 g/mol. The minimum atomic E-state index is -0.171. The highest BCUT2D eigenvalue weighted by atomic mass is 16.5. The van der Waals surface area contributed by atoms with Crippen LogP contribution in [0.5, 0.6) is 0 Å². The van der Waals surface area contributed by atoms with E-state index >= 15 is 0 Å². The van der Waals surface area contributed by atoms with Gasteiger partial charge in [-0.15, -0.1) is 0 Å². The van der Waals surface area contributed by atoms with Crippen molar-refractivity contribution in [3.8, 4) is 0 Å². The van der Waals surface area contributed by atoms with Gasteiger partial charge in [-0.1, -0.05) is 32.8 Å². The summed E-state index contributed by atoms with van der Waals surface area (Å²) in [5.74, 6) is 2.28. The van der Waals surface area contributed by atoms with E-state index in [1.165, 1.54) is 39.0 Å². The van der Waals surface area contributed by atoms with Gasteiger partial charge in [0.1, 0.15) is 6.61 Å². The van der Waals surface area contributed by atoms with Crippen molar-refractivity contribution in [1.29, 1.82) is 0 Å². The molecule has 0 unspecified atom stereocenters. The molecule has 0 N–H and O–H groups in total. The summed E-state index contributed by atoms with van der Waals surface area (Å²) in [5, 5.41) is 0. The van der Waals surface area contributed by atoms with E-state index < -0.39 is 0 Å². The number of ether oxygens (including phenoxy) is 1. The fourth-order valence-electron chi connectivity index (χ4n) is 5.83. The molecule has 0 amide bonds. The van der Waals surface area contributed by atoms with Crippen molar-refractivity contribution < 1.29 is 9.53 Å². The van der Waals surface area contributed by atoms with Crippen LogP contribution in [0, 0.1) is 28.6 Å². The van der Waals surface area contributed by atoms with Gasteiger partial charge in [-0.25, -0.2) is 0 Å². The maximum Gasteiger partial charge on any atom is 0.302 e. The minimum Gasteiger partial charge on any atom is -0.462 e. The lowest BCUT2D eigenvalue weighted by Crippen LogP contribution is -2.28. The molecule has 0 radical (unpaired) electrons. The van der Waals surface area contributed by atoms with Gasteiger partial charge in [-0.05, 0) is 60.3 Å². The maximum atomic E-state index is 11.0. The van der Waals surface area contributed by atoms with Gasteiger partial charge >= 0.3 is 5.97 Å². The van der Waals surface area contributed by atoms with Crippen LogP contribution in [-0.2, 0) is 9.53 Å². The van der Waals surface area contributed by atoms with Crippen molar-refractivity contribution in [3.05, 3.63) is 11.6 Å². The summed E-state index contributed by atoms with van der Waals surface area (Å²) in [6, 6.07) is 0. The molecule has 0 aromatic rings. The molecule has 0 aromatic carbocycles. The van der Waals surface area contributed by atoms with E-state index in [-0.39, 0.29) is 5.97 Å². The molecule has 3 aliphatic rings. The molecule has 0 spiro atoms. The highest BCUT2D eigenvalue weighted by Crippen LogP contribution is 2.70. The Morgan fingerprint density at radius 1 is 1.30 bits per heavy atom. The highest BCUT2D eigenvalue weighted by Gasteiger charge is 2.62. The van der Waals surface area contributed by atoms with Gasteiger partial charge in [0.2, 0.25) is 0 Å². The van der Waals surface area contributed by atoms with E-state index in [1.54, 1.807) is 5.57 Å². The van der Waals surface area contributed by atoms with Crippen LogP contribution in [0.15, 0.2) is 11.6 Å². The molecule has 0 saturated heterocycles. The summed E-state index contributed by atoms with van der Waals surface area (Å²) in [5.41, 5.74) is 2.47. The zero-order valence-electron chi connectivity index (χ0n) is 13.4. The second-order valence-electron chi connectivity index (χ2n) is 8.04. The fraction of sp³-hybridized carbons (Fsp3) is 0.833. The van der Waals surface area contributed by atoms with Crippen LogP contribution in [0.3, 0.4) is 0 Å². The molecule has 3 fully saturated rings. The van der Waals surface area contributed by atoms with Crippen molar-refractivity contribution in [1.82, 2.24) is 0 Å². The molecular formula is C18H28O2. The average molecular weight is 276 g/mol. The number of carbonyl (C=O) groups excluding carboxylic acids is 1. The van der Waals surface area contributed by atoms with E-state index in [1.807, 2.05) is 0 Å². The van der Waals surface area contributed by atoms with E-state index in [0.29, 0.717) is 17.4 Å². The first kappa shape index (κ1) is 14.2. The first-order chi connectivity index (χ1) is 9.36. The third-order valence-electron chi connectivity index (χ3n) is 6.54. The van der Waals surface area contributed by atoms with Crippen molar-refractivity contribution in [3.63, 3.8) is 0 Å². The Bertz CT molecular complexity index is 448. The minimum absolute atomic E-state index is 0.171. The number of hydrogen-bond donors (Lipinski definition) is 0. The molecule has 20 heavy (non-hydrogen) atoms. The second kappa shape index (κ2) is 4.61. The van der Waals surface area contributed by atoms with Gasteiger partial charge in [0.05, 0.1) is 0 Å². The van der Waals surface area contributed by atoms with Crippen molar-refractivity contribution in [2.75, 3.05) is 6.61 Å². The monoisotopic (exact) mass is 276 g/mol. The fourth-order valence-corrected chi connectivity index (χ4v) is 5.83. The molecule has 4 bridgehead atoms. The first-order valence-corrected chi connectivity index (χ1v) is 8.20. The van der Waals surface area contributed by atoms with Gasteiger partial charge in [0.15, 0.2) is 0 Å². The molecule has 3 aliphatic carbocycles. The topological polar surface area (TPSA) is 26.3 Å². The SMILES string of the molecule is CC(=O)OCC=C1[C@H]2CC[C@@H]3[C@H]2C(C)(C)CCC[C@]13C. The number of allylic oxidation sites excluding steroid dienone is 1. The molecule has 3 rings (SSSR count). The summed E-state index contributed by atoms with van der Waals surface area (Å²) in [6.45, 7) is 9.39. The third-order valence-corrected chi connectivity index (χ3v) is 6.54. The Morgan fingerprint density at radius 3 is 2.75 bits per heavy atom. The predicted octanol–water partition coefficient (Wildman–Crippen LogP) is 4.35. The molecule has 4 atom stereocenters. The molecule has 2 nitrogen and oxygen atoms in total. The van der Waals surface area contributed by atoms with E-state index in [0.717, 1.165) is 17.8 Å². The van der Waals surface area contributed by atoms with Crippen LogP contribution in [-0.4, -0.2) is 12.6 Å². The van der Waals surface area contributed by atoms with Gasteiger partial charge in [0, 0.05) is 6.92 Å². The van der Waals surface area contributed by atoms with E-state index in [9.17, 15) is 4.79 Å². The lowest BCUT2D eigenvalue weighted by molar-refractivity contribution is -0.139. The Hall–Kier alpha value is -0.790. The molecule has 0 aromatic heterocycles. The van der Waals surface area contributed by atoms with Crippen molar-refractivity contribution in [2.24, 2.45) is 28.6 Å². The third kappa shape index (κ3) is 1.95. The first-order valence-electron chi connectivity index (χ1n) is 8.20. The Balaban J connectivity index is 1.92. The maximum absolute atomic E-state index is 11.0. The summed E-state index contributed by atoms with van der Waals surface area (Å²) in [4.78, 5) is 11.0. The Labute approximate surface area is 123 Å². The molecule has 2 heteroatoms. The zero-order chi connectivity index (χ0) is 14.5. The van der Waals surface area contributed by atoms with E-state index in [4.69, 9.17) is 4.74 Å². The molecule has 0 heterocycles. The Morgan fingerprint density at radius 2 is 2.05 bits per heavy atom. The second-order valence-corrected chi connectivity index (χ2v) is 8.04. The zero-order valence-corrected chi connectivity index (χ0v) is 13.4. The van der Waals surface area contributed by atoms with Crippen LogP contribution < -0.4 is 0 Å². The number of carbonyl (C=O) groups is 1. The van der Waals surface area contributed by atoms with Crippen molar-refractivity contribution in [2.45, 2.75) is 59.8 Å². The quantitative estimate of drug-likeness (QED) is 0.553. The number of esters is 1. The van der Waals surface area contributed by atoms with Gasteiger partial charge in [-0.2, -0.15) is 0 Å². The lowest BCUT2D eigenvalue weighted by Gasteiger charge is -2.36. The lowest BCUT2D eigenvalue weighted by atomic mass is 9.68. The molecule has 3 saturated carbocycles. The van der Waals surface area contributed by atoms with Crippen LogP contribution in [0.4, 0.5) is 0 Å². The standard InChI is InChI=1S/C18H28O2/c1-12(19)20-11-8-14-13-6-7-15-16(13)17(2,3)9-5-10-18(14,15)4/h8,13,15-16H,5-7,9-11H2,1-4H3/t13-,15-,16+,18-/m1/s1. The summed E-state index contributed by atoms with van der Waals surface area (Å²) in [6.07, 6.45) is 9.03. The molecule has 0 aliphatic heterocycles. The van der Waals surface area contributed by atoms with Crippen molar-refractivity contribution >= 4 is 5.97 Å². The predicted molar refractivity (Wildman–Crippen MR) is 80.2 cm³/mol. The Kier molecular flexibility index (Phi) is 3.26. The molecule has 112 valence electrons. The van der Waals surface area contributed by atoms with Gasteiger partial charge in [-0.3, -0.25) is 4.79 Å². The summed E-state index contributed by atoms with van der Waals surface area (Å²) in [7, 11) is 0. The number of rotatable bonds is 2. The average Bonchev–Trinajstić information content (AvgIpc) is 2.83.